The number of para-hydroxylation sites is 1. The van der Waals surface area contributed by atoms with Gasteiger partial charge in [-0.15, -0.1) is 0 Å². The number of rotatable bonds is 8. The lowest BCUT2D eigenvalue weighted by molar-refractivity contribution is -0.384. The number of hydrogen-bond acceptors (Lipinski definition) is 9. The topological polar surface area (TPSA) is 130 Å². The molecule has 0 amide bonds. The average molecular weight is 440 g/mol. The molecule has 4 aromatic rings. The summed E-state index contributed by atoms with van der Waals surface area (Å²) in [4.78, 5) is 23.6. The molecule has 10 heteroatoms. The second-order valence-electron chi connectivity index (χ2n) is 6.96. The summed E-state index contributed by atoms with van der Waals surface area (Å²) in [6, 6.07) is 23.3. The minimum atomic E-state index is -0.455. The number of nitrogens with one attached hydrogen (secondary N) is 3. The number of nitro benzene ring substituents is 1. The van der Waals surface area contributed by atoms with Crippen molar-refractivity contribution < 1.29 is 4.92 Å². The van der Waals surface area contributed by atoms with E-state index in [1.165, 1.54) is 12.1 Å². The Labute approximate surface area is 189 Å². The van der Waals surface area contributed by atoms with Crippen molar-refractivity contribution in [1.29, 1.82) is 0 Å². The van der Waals surface area contributed by atoms with Gasteiger partial charge in [-0.3, -0.25) is 10.1 Å². The summed E-state index contributed by atoms with van der Waals surface area (Å²) in [6.45, 7) is 1.98. The van der Waals surface area contributed by atoms with Gasteiger partial charge in [-0.1, -0.05) is 48.5 Å². The first kappa shape index (κ1) is 21.4. The van der Waals surface area contributed by atoms with Crippen LogP contribution in [0, 0.1) is 17.0 Å². The highest BCUT2D eigenvalue weighted by Crippen LogP contribution is 2.22. The maximum Gasteiger partial charge on any atom is 0.269 e. The standard InChI is InChI=1S/C23H20N8O2/c1-16-7-5-6-10-20(16)26-22-27-21(25-18-11-13-19(14-12-18)31(32)33)28-23(29-22)30-24-15-17-8-3-2-4-9-17/h2-15H,1H3,(H3,25,26,27,28,29,30). The van der Waals surface area contributed by atoms with Crippen LogP contribution in [0.1, 0.15) is 11.1 Å². The fraction of sp³-hybridized carbons (Fsp3) is 0.0435. The van der Waals surface area contributed by atoms with E-state index in [0.29, 0.717) is 11.6 Å². The summed E-state index contributed by atoms with van der Waals surface area (Å²) in [5.74, 6) is 0.770. The maximum atomic E-state index is 10.9. The van der Waals surface area contributed by atoms with Gasteiger partial charge in [0.15, 0.2) is 0 Å². The number of nitrogens with zero attached hydrogens (tertiary/aromatic N) is 5. The molecule has 0 aliphatic carbocycles. The molecule has 33 heavy (non-hydrogen) atoms. The van der Waals surface area contributed by atoms with Gasteiger partial charge in [0.05, 0.1) is 11.1 Å². The Hall–Kier alpha value is -4.86. The molecule has 0 fully saturated rings. The van der Waals surface area contributed by atoms with E-state index < -0.39 is 4.92 Å². The Morgan fingerprint density at radius 3 is 2.15 bits per heavy atom. The molecule has 0 unspecified atom stereocenters. The van der Waals surface area contributed by atoms with Crippen LogP contribution in [0.4, 0.5) is 34.9 Å². The van der Waals surface area contributed by atoms with Gasteiger partial charge in [0, 0.05) is 23.5 Å². The van der Waals surface area contributed by atoms with Crippen molar-refractivity contribution in [2.24, 2.45) is 5.10 Å². The number of non-ortho nitro benzene ring substituents is 1. The third-order valence-corrected chi connectivity index (χ3v) is 4.54. The van der Waals surface area contributed by atoms with Gasteiger partial charge in [0.1, 0.15) is 0 Å². The summed E-state index contributed by atoms with van der Waals surface area (Å²) in [5.41, 5.74) is 6.20. The molecule has 3 N–H and O–H groups in total. The Morgan fingerprint density at radius 1 is 0.818 bits per heavy atom. The zero-order valence-corrected chi connectivity index (χ0v) is 17.6. The first-order chi connectivity index (χ1) is 16.1. The zero-order valence-electron chi connectivity index (χ0n) is 17.6. The average Bonchev–Trinajstić information content (AvgIpc) is 2.82. The predicted molar refractivity (Wildman–Crippen MR) is 128 cm³/mol. The van der Waals surface area contributed by atoms with Gasteiger partial charge in [-0.25, -0.2) is 5.43 Å². The first-order valence-corrected chi connectivity index (χ1v) is 10.0. The van der Waals surface area contributed by atoms with Gasteiger partial charge in [-0.05, 0) is 36.2 Å². The van der Waals surface area contributed by atoms with Gasteiger partial charge < -0.3 is 10.6 Å². The number of nitro groups is 1. The summed E-state index contributed by atoms with van der Waals surface area (Å²) < 4.78 is 0. The highest BCUT2D eigenvalue weighted by molar-refractivity contribution is 5.79. The van der Waals surface area contributed by atoms with Crippen molar-refractivity contribution in [1.82, 2.24) is 15.0 Å². The van der Waals surface area contributed by atoms with E-state index in [9.17, 15) is 10.1 Å². The minimum Gasteiger partial charge on any atom is -0.324 e. The molecule has 0 bridgehead atoms. The minimum absolute atomic E-state index is 0.00397. The molecule has 1 heterocycles. The van der Waals surface area contributed by atoms with Crippen molar-refractivity contribution in [3.8, 4) is 0 Å². The van der Waals surface area contributed by atoms with Crippen LogP contribution in [0.15, 0.2) is 84.0 Å². The molecular formula is C23H20N8O2. The highest BCUT2D eigenvalue weighted by Gasteiger charge is 2.10. The van der Waals surface area contributed by atoms with Gasteiger partial charge in [0.2, 0.25) is 17.8 Å². The number of anilines is 5. The van der Waals surface area contributed by atoms with Gasteiger partial charge >= 0.3 is 0 Å². The number of hydrazone groups is 1. The predicted octanol–water partition coefficient (Wildman–Crippen LogP) is 5.02. The van der Waals surface area contributed by atoms with Crippen molar-refractivity contribution in [3.05, 3.63) is 100 Å². The number of hydrogen-bond donors (Lipinski definition) is 3. The lowest BCUT2D eigenvalue weighted by Crippen LogP contribution is -2.07. The number of benzene rings is 3. The largest absolute Gasteiger partial charge is 0.324 e. The molecule has 0 atom stereocenters. The molecule has 0 saturated carbocycles. The smallest absolute Gasteiger partial charge is 0.269 e. The van der Waals surface area contributed by atoms with Crippen LogP contribution in [0.5, 0.6) is 0 Å². The summed E-state index contributed by atoms with van der Waals surface area (Å²) >= 11 is 0. The van der Waals surface area contributed by atoms with Gasteiger partial charge in [0.25, 0.3) is 5.69 Å². The molecule has 0 saturated heterocycles. The fourth-order valence-corrected chi connectivity index (χ4v) is 2.87. The van der Waals surface area contributed by atoms with E-state index in [2.05, 4.69) is 36.1 Å². The number of aryl methyl sites for hydroxylation is 1. The van der Waals surface area contributed by atoms with E-state index in [0.717, 1.165) is 16.8 Å². The van der Waals surface area contributed by atoms with Crippen molar-refractivity contribution in [3.63, 3.8) is 0 Å². The molecule has 3 aromatic carbocycles. The SMILES string of the molecule is Cc1ccccc1Nc1nc(NN=Cc2ccccc2)nc(Nc2ccc([N+](=O)[O-])cc2)n1. The molecule has 10 nitrogen and oxygen atoms in total. The van der Waals surface area contributed by atoms with Crippen molar-refractivity contribution in [2.45, 2.75) is 6.92 Å². The molecule has 0 aliphatic rings. The third kappa shape index (κ3) is 5.85. The molecular weight excluding hydrogens is 420 g/mol. The van der Waals surface area contributed by atoms with Crippen LogP contribution in [-0.4, -0.2) is 26.1 Å². The van der Waals surface area contributed by atoms with E-state index >= 15 is 0 Å². The van der Waals surface area contributed by atoms with Crippen LogP contribution < -0.4 is 16.1 Å². The first-order valence-electron chi connectivity index (χ1n) is 10.0. The van der Waals surface area contributed by atoms with E-state index in [1.807, 2.05) is 61.5 Å². The maximum absolute atomic E-state index is 10.9. The Morgan fingerprint density at radius 2 is 1.45 bits per heavy atom. The normalized spacial score (nSPS) is 10.7. The zero-order chi connectivity index (χ0) is 23.0. The lowest BCUT2D eigenvalue weighted by atomic mass is 10.2. The fourth-order valence-electron chi connectivity index (χ4n) is 2.87. The van der Waals surface area contributed by atoms with E-state index in [4.69, 9.17) is 0 Å². The van der Waals surface area contributed by atoms with Crippen molar-refractivity contribution in [2.75, 3.05) is 16.1 Å². The molecule has 0 radical (unpaired) electrons. The van der Waals surface area contributed by atoms with Crippen molar-refractivity contribution >= 4 is 41.1 Å². The van der Waals surface area contributed by atoms with Crippen LogP contribution in [0.2, 0.25) is 0 Å². The van der Waals surface area contributed by atoms with Gasteiger partial charge in [-0.2, -0.15) is 20.1 Å². The lowest BCUT2D eigenvalue weighted by Gasteiger charge is -2.11. The molecule has 1 aromatic heterocycles. The summed E-state index contributed by atoms with van der Waals surface area (Å²) in [7, 11) is 0. The van der Waals surface area contributed by atoms with Crippen LogP contribution in [0.3, 0.4) is 0 Å². The van der Waals surface area contributed by atoms with Crippen LogP contribution >= 0.6 is 0 Å². The quantitative estimate of drug-likeness (QED) is 0.198. The third-order valence-electron chi connectivity index (χ3n) is 4.54. The summed E-state index contributed by atoms with van der Waals surface area (Å²) in [6.07, 6.45) is 1.65. The van der Waals surface area contributed by atoms with Crippen LogP contribution in [-0.2, 0) is 0 Å². The van der Waals surface area contributed by atoms with Crippen LogP contribution in [0.25, 0.3) is 0 Å². The van der Waals surface area contributed by atoms with E-state index in [1.54, 1.807) is 18.3 Å². The second kappa shape index (κ2) is 9.96. The molecule has 0 spiro atoms. The Bertz CT molecular complexity index is 1280. The highest BCUT2D eigenvalue weighted by atomic mass is 16.6. The number of aromatic nitrogens is 3. The summed E-state index contributed by atoms with van der Waals surface area (Å²) in [5, 5.41) is 21.3. The van der Waals surface area contributed by atoms with E-state index in [-0.39, 0.29) is 17.6 Å². The molecule has 164 valence electrons. The molecule has 0 aliphatic heterocycles. The Kier molecular flexibility index (Phi) is 6.45. The second-order valence-corrected chi connectivity index (χ2v) is 6.96. The molecule has 4 rings (SSSR count). The Balaban J connectivity index is 1.59. The monoisotopic (exact) mass is 440 g/mol.